The fraction of sp³-hybridized carbons (Fsp3) is 0.692. The molecule has 19 heavy (non-hydrogen) atoms. The minimum Gasteiger partial charge on any atom is -0.342 e. The molecule has 1 saturated heterocycles. The van der Waals surface area contributed by atoms with Crippen molar-refractivity contribution in [1.29, 1.82) is 0 Å². The Labute approximate surface area is 120 Å². The van der Waals surface area contributed by atoms with Gasteiger partial charge in [-0.2, -0.15) is 5.10 Å². The lowest BCUT2D eigenvalue weighted by Crippen LogP contribution is -2.45. The zero-order valence-corrected chi connectivity index (χ0v) is 12.2. The second kappa shape index (κ2) is 7.50. The first-order chi connectivity index (χ1) is 8.70. The molecule has 2 rings (SSSR count). The molecule has 5 nitrogen and oxygen atoms in total. The Morgan fingerprint density at radius 2 is 2.32 bits per heavy atom. The molecule has 2 N–H and O–H groups in total. The second-order valence-corrected chi connectivity index (χ2v) is 5.12. The van der Waals surface area contributed by atoms with Gasteiger partial charge in [-0.3, -0.25) is 9.48 Å². The standard InChI is InChI=1S/C13H22N4O.ClH/c1-11-3-7-16(10-12(11)9-14)13(18)4-8-17-6-2-5-15-17;/h2,5-6,11-12H,3-4,7-10,14H2,1H3;1H. The third-order valence-corrected chi connectivity index (χ3v) is 3.88. The zero-order valence-electron chi connectivity index (χ0n) is 11.4. The number of halogens is 1. The van der Waals surface area contributed by atoms with E-state index in [1.54, 1.807) is 10.9 Å². The van der Waals surface area contributed by atoms with Gasteiger partial charge in [0.2, 0.25) is 5.91 Å². The predicted octanol–water partition coefficient (Wildman–Crippen LogP) is 1.14. The third-order valence-electron chi connectivity index (χ3n) is 3.88. The number of aryl methyl sites for hydroxylation is 1. The van der Waals surface area contributed by atoms with Crippen molar-refractivity contribution in [2.24, 2.45) is 17.6 Å². The maximum absolute atomic E-state index is 12.1. The summed E-state index contributed by atoms with van der Waals surface area (Å²) in [6.07, 6.45) is 5.20. The number of rotatable bonds is 4. The van der Waals surface area contributed by atoms with Crippen LogP contribution in [-0.2, 0) is 11.3 Å². The summed E-state index contributed by atoms with van der Waals surface area (Å²) in [4.78, 5) is 14.1. The highest BCUT2D eigenvalue weighted by atomic mass is 35.5. The van der Waals surface area contributed by atoms with E-state index in [0.717, 1.165) is 19.5 Å². The monoisotopic (exact) mass is 286 g/mol. The first kappa shape index (κ1) is 16.0. The summed E-state index contributed by atoms with van der Waals surface area (Å²) < 4.78 is 1.80. The van der Waals surface area contributed by atoms with Crippen LogP contribution in [0, 0.1) is 11.8 Å². The minimum atomic E-state index is 0. The van der Waals surface area contributed by atoms with Crippen molar-refractivity contribution >= 4 is 18.3 Å². The molecule has 0 spiro atoms. The Kier molecular flexibility index (Phi) is 6.31. The molecule has 0 aromatic carbocycles. The van der Waals surface area contributed by atoms with E-state index < -0.39 is 0 Å². The molecular formula is C13H23ClN4O. The summed E-state index contributed by atoms with van der Waals surface area (Å²) in [6, 6.07) is 1.87. The molecule has 2 unspecified atom stereocenters. The number of nitrogens with zero attached hydrogens (tertiary/aromatic N) is 3. The molecule has 0 aliphatic carbocycles. The quantitative estimate of drug-likeness (QED) is 0.903. The highest BCUT2D eigenvalue weighted by molar-refractivity contribution is 5.85. The molecule has 2 atom stereocenters. The molecule has 1 aliphatic heterocycles. The van der Waals surface area contributed by atoms with Crippen LogP contribution in [0.4, 0.5) is 0 Å². The number of hydrogen-bond acceptors (Lipinski definition) is 3. The largest absolute Gasteiger partial charge is 0.342 e. The van der Waals surface area contributed by atoms with Gasteiger partial charge >= 0.3 is 0 Å². The number of carbonyl (C=O) groups is 1. The Morgan fingerprint density at radius 3 is 2.95 bits per heavy atom. The summed E-state index contributed by atoms with van der Waals surface area (Å²) in [7, 11) is 0. The topological polar surface area (TPSA) is 64.2 Å². The van der Waals surface area contributed by atoms with Crippen LogP contribution in [0.2, 0.25) is 0 Å². The van der Waals surface area contributed by atoms with Crippen LogP contribution in [0.25, 0.3) is 0 Å². The van der Waals surface area contributed by atoms with Crippen molar-refractivity contribution in [3.63, 3.8) is 0 Å². The van der Waals surface area contributed by atoms with Gasteiger partial charge in [0.15, 0.2) is 0 Å². The molecule has 1 aliphatic rings. The molecule has 1 amide bonds. The molecular weight excluding hydrogens is 264 g/mol. The van der Waals surface area contributed by atoms with Gasteiger partial charge in [0.1, 0.15) is 0 Å². The minimum absolute atomic E-state index is 0. The van der Waals surface area contributed by atoms with Crippen molar-refractivity contribution in [3.05, 3.63) is 18.5 Å². The molecule has 1 aromatic heterocycles. The van der Waals surface area contributed by atoms with Crippen molar-refractivity contribution in [3.8, 4) is 0 Å². The maximum atomic E-state index is 12.1. The lowest BCUT2D eigenvalue weighted by atomic mass is 9.87. The van der Waals surface area contributed by atoms with Gasteiger partial charge in [-0.25, -0.2) is 0 Å². The van der Waals surface area contributed by atoms with Crippen molar-refractivity contribution < 1.29 is 4.79 Å². The number of amides is 1. The van der Waals surface area contributed by atoms with Gasteiger partial charge in [0, 0.05) is 38.4 Å². The Bertz CT molecular complexity index is 382. The molecule has 6 heteroatoms. The van der Waals surface area contributed by atoms with Crippen LogP contribution in [0.3, 0.4) is 0 Å². The van der Waals surface area contributed by atoms with E-state index >= 15 is 0 Å². The normalized spacial score (nSPS) is 22.9. The van der Waals surface area contributed by atoms with Gasteiger partial charge < -0.3 is 10.6 Å². The Hall–Kier alpha value is -1.07. The average molecular weight is 287 g/mol. The van der Waals surface area contributed by atoms with Crippen molar-refractivity contribution in [2.75, 3.05) is 19.6 Å². The molecule has 2 heterocycles. The smallest absolute Gasteiger partial charge is 0.224 e. The van der Waals surface area contributed by atoms with Gasteiger partial charge in [-0.05, 0) is 30.9 Å². The van der Waals surface area contributed by atoms with E-state index in [1.165, 1.54) is 0 Å². The van der Waals surface area contributed by atoms with Crippen LogP contribution in [0.1, 0.15) is 19.8 Å². The van der Waals surface area contributed by atoms with Crippen LogP contribution < -0.4 is 5.73 Å². The number of likely N-dealkylation sites (tertiary alicyclic amines) is 1. The molecule has 1 aromatic rings. The zero-order chi connectivity index (χ0) is 13.0. The van der Waals surface area contributed by atoms with Gasteiger partial charge in [-0.15, -0.1) is 12.4 Å². The number of hydrogen-bond donors (Lipinski definition) is 1. The number of aromatic nitrogens is 2. The summed E-state index contributed by atoms with van der Waals surface area (Å²) in [5.74, 6) is 1.30. The lowest BCUT2D eigenvalue weighted by Gasteiger charge is -2.36. The molecule has 0 radical (unpaired) electrons. The van der Waals surface area contributed by atoms with E-state index in [1.807, 2.05) is 17.2 Å². The SMILES string of the molecule is CC1CCN(C(=O)CCn2cccn2)CC1CN.Cl. The predicted molar refractivity (Wildman–Crippen MR) is 77.0 cm³/mol. The van der Waals surface area contributed by atoms with E-state index in [9.17, 15) is 4.79 Å². The van der Waals surface area contributed by atoms with Crippen LogP contribution >= 0.6 is 12.4 Å². The van der Waals surface area contributed by atoms with E-state index in [0.29, 0.717) is 31.3 Å². The maximum Gasteiger partial charge on any atom is 0.224 e. The highest BCUT2D eigenvalue weighted by Gasteiger charge is 2.27. The third kappa shape index (κ3) is 4.21. The van der Waals surface area contributed by atoms with E-state index in [-0.39, 0.29) is 18.3 Å². The van der Waals surface area contributed by atoms with E-state index in [4.69, 9.17) is 5.73 Å². The summed E-state index contributed by atoms with van der Waals surface area (Å²) in [5, 5.41) is 4.10. The van der Waals surface area contributed by atoms with Crippen LogP contribution in [0.15, 0.2) is 18.5 Å². The second-order valence-electron chi connectivity index (χ2n) is 5.12. The van der Waals surface area contributed by atoms with Crippen molar-refractivity contribution in [2.45, 2.75) is 26.3 Å². The summed E-state index contributed by atoms with van der Waals surface area (Å²) >= 11 is 0. The first-order valence-corrected chi connectivity index (χ1v) is 6.66. The fourth-order valence-corrected chi connectivity index (χ4v) is 2.48. The number of nitrogens with two attached hydrogens (primary N) is 1. The fourth-order valence-electron chi connectivity index (χ4n) is 2.48. The molecule has 1 fully saturated rings. The first-order valence-electron chi connectivity index (χ1n) is 6.66. The number of piperidine rings is 1. The van der Waals surface area contributed by atoms with Crippen LogP contribution in [0.5, 0.6) is 0 Å². The Balaban J connectivity index is 0.00000180. The van der Waals surface area contributed by atoms with E-state index in [2.05, 4.69) is 12.0 Å². The van der Waals surface area contributed by atoms with Crippen molar-refractivity contribution in [1.82, 2.24) is 14.7 Å². The molecule has 0 saturated carbocycles. The Morgan fingerprint density at radius 1 is 1.53 bits per heavy atom. The summed E-state index contributed by atoms with van der Waals surface area (Å²) in [5.41, 5.74) is 5.76. The number of carbonyl (C=O) groups excluding carboxylic acids is 1. The van der Waals surface area contributed by atoms with Crippen LogP contribution in [-0.4, -0.2) is 40.2 Å². The van der Waals surface area contributed by atoms with Gasteiger partial charge in [-0.1, -0.05) is 6.92 Å². The van der Waals surface area contributed by atoms with Gasteiger partial charge in [0.05, 0.1) is 0 Å². The molecule has 0 bridgehead atoms. The average Bonchev–Trinajstić information content (AvgIpc) is 2.89. The lowest BCUT2D eigenvalue weighted by molar-refractivity contribution is -0.133. The summed E-state index contributed by atoms with van der Waals surface area (Å²) in [6.45, 7) is 5.24. The highest BCUT2D eigenvalue weighted by Crippen LogP contribution is 2.22. The molecule has 108 valence electrons. The van der Waals surface area contributed by atoms with Gasteiger partial charge in [0.25, 0.3) is 0 Å².